The highest BCUT2D eigenvalue weighted by molar-refractivity contribution is 7.93. The number of imidazole rings is 1. The largest absolute Gasteiger partial charge is 0.497 e. The zero-order valence-electron chi connectivity index (χ0n) is 27.4. The second-order valence-electron chi connectivity index (χ2n) is 12.0. The Hall–Kier alpha value is -4.99. The third-order valence-electron chi connectivity index (χ3n) is 7.41. The van der Waals surface area contributed by atoms with Gasteiger partial charge in [0, 0.05) is 63.2 Å². The third kappa shape index (κ3) is 7.15. The van der Waals surface area contributed by atoms with Crippen LogP contribution in [0.2, 0.25) is 5.02 Å². The molecule has 50 heavy (non-hydrogen) atoms. The van der Waals surface area contributed by atoms with Crippen LogP contribution in [0, 0.1) is 11.6 Å². The van der Waals surface area contributed by atoms with Crippen LogP contribution in [0.1, 0.15) is 26.3 Å². The molecular formula is C34H31ClF2N6O5S2. The molecule has 0 saturated heterocycles. The molecule has 0 atom stereocenters. The Morgan fingerprint density at radius 3 is 2.44 bits per heavy atom. The first-order valence-electron chi connectivity index (χ1n) is 15.0. The van der Waals surface area contributed by atoms with E-state index in [9.17, 15) is 8.42 Å². The Labute approximate surface area is 296 Å². The average Bonchev–Trinajstić information content (AvgIpc) is 3.75. The second kappa shape index (κ2) is 13.7. The van der Waals surface area contributed by atoms with Crippen molar-refractivity contribution < 1.29 is 31.4 Å². The molecule has 0 aliphatic heterocycles. The van der Waals surface area contributed by atoms with Gasteiger partial charge >= 0.3 is 0 Å². The van der Waals surface area contributed by atoms with Gasteiger partial charge in [-0.15, -0.1) is 0 Å². The van der Waals surface area contributed by atoms with E-state index in [1.807, 2.05) is 31.4 Å². The summed E-state index contributed by atoms with van der Waals surface area (Å²) < 4.78 is 82.8. The summed E-state index contributed by atoms with van der Waals surface area (Å²) in [6, 6.07) is 14.4. The minimum Gasteiger partial charge on any atom is -0.497 e. The first-order chi connectivity index (χ1) is 23.8. The molecule has 0 radical (unpaired) electrons. The molecule has 0 amide bonds. The highest BCUT2D eigenvalue weighted by atomic mass is 35.5. The van der Waals surface area contributed by atoms with Crippen molar-refractivity contribution in [1.29, 1.82) is 0 Å². The molecule has 3 aromatic carbocycles. The number of nitrogens with zero attached hydrogens (tertiary/aromatic N) is 5. The minimum absolute atomic E-state index is 0.0652. The summed E-state index contributed by atoms with van der Waals surface area (Å²) >= 11 is 7.13. The van der Waals surface area contributed by atoms with Crippen molar-refractivity contribution in [3.63, 3.8) is 0 Å². The van der Waals surface area contributed by atoms with E-state index < -0.39 is 32.3 Å². The zero-order valence-corrected chi connectivity index (χ0v) is 29.8. The van der Waals surface area contributed by atoms with Crippen molar-refractivity contribution in [1.82, 2.24) is 18.7 Å². The van der Waals surface area contributed by atoms with E-state index in [1.165, 1.54) is 20.3 Å². The summed E-state index contributed by atoms with van der Waals surface area (Å²) in [4.78, 5) is 7.55. The maximum Gasteiger partial charge on any atom is 0.269 e. The van der Waals surface area contributed by atoms with E-state index in [-0.39, 0.29) is 23.0 Å². The smallest absolute Gasteiger partial charge is 0.269 e. The molecule has 0 saturated carbocycles. The molecule has 11 nitrogen and oxygen atoms in total. The number of anilines is 2. The van der Waals surface area contributed by atoms with Crippen LogP contribution in [0.25, 0.3) is 16.8 Å². The summed E-state index contributed by atoms with van der Waals surface area (Å²) in [7, 11) is -1.85. The van der Waals surface area contributed by atoms with Crippen LogP contribution < -0.4 is 23.8 Å². The Morgan fingerprint density at radius 1 is 0.940 bits per heavy atom. The zero-order chi connectivity index (χ0) is 35.8. The lowest BCUT2D eigenvalue weighted by molar-refractivity contribution is 0.391. The maximum absolute atomic E-state index is 15.9. The van der Waals surface area contributed by atoms with Crippen molar-refractivity contribution in [3.8, 4) is 34.1 Å². The first kappa shape index (κ1) is 34.9. The number of aromatic nitrogens is 4. The Morgan fingerprint density at radius 2 is 1.74 bits per heavy atom. The second-order valence-corrected chi connectivity index (χ2v) is 15.1. The third-order valence-corrected chi connectivity index (χ3v) is 10.2. The maximum atomic E-state index is 15.9. The van der Waals surface area contributed by atoms with Gasteiger partial charge in [0.25, 0.3) is 10.0 Å². The van der Waals surface area contributed by atoms with E-state index in [0.717, 1.165) is 28.0 Å². The Balaban J connectivity index is 1.36. The Kier molecular flexibility index (Phi) is 9.57. The standard InChI is InChI=1S/C34H31ClF2N6O5S2/c1-34(2,3)41-32-16-38-31-11-7-20(17-42(31)32)24-12-22(35)8-10-27(24)48-29-14-26(37)30(15-25(29)36)50(44,45)43(33-39-19-40-49-33)18-21-6-9-23(46-4)13-28(21)47-5/h6-17,19,41H,18H2,1-5H3. The van der Waals surface area contributed by atoms with Crippen LogP contribution in [0.3, 0.4) is 0 Å². The van der Waals surface area contributed by atoms with Crippen LogP contribution in [0.4, 0.5) is 19.7 Å². The molecular weight excluding hydrogens is 710 g/mol. The molecule has 0 spiro atoms. The van der Waals surface area contributed by atoms with Gasteiger partial charge in [-0.3, -0.25) is 4.40 Å². The van der Waals surface area contributed by atoms with Gasteiger partial charge in [-0.2, -0.15) is 4.37 Å². The number of halogens is 3. The van der Waals surface area contributed by atoms with Gasteiger partial charge in [0.15, 0.2) is 11.6 Å². The quantitative estimate of drug-likeness (QED) is 0.140. The van der Waals surface area contributed by atoms with Gasteiger partial charge in [0.05, 0.1) is 27.0 Å². The lowest BCUT2D eigenvalue weighted by Crippen LogP contribution is -2.31. The van der Waals surface area contributed by atoms with Gasteiger partial charge in [-0.1, -0.05) is 11.6 Å². The summed E-state index contributed by atoms with van der Waals surface area (Å²) in [6.07, 6.45) is 4.70. The number of methoxy groups -OCH3 is 2. The normalized spacial score (nSPS) is 11.8. The minimum atomic E-state index is -4.74. The summed E-state index contributed by atoms with van der Waals surface area (Å²) in [5.41, 5.74) is 1.98. The number of nitrogens with one attached hydrogen (secondary N) is 1. The van der Waals surface area contributed by atoms with Crippen LogP contribution >= 0.6 is 23.1 Å². The van der Waals surface area contributed by atoms with Crippen molar-refractivity contribution >= 4 is 49.8 Å². The molecule has 0 aliphatic rings. The van der Waals surface area contributed by atoms with Gasteiger partial charge in [-0.05, 0) is 63.2 Å². The summed E-state index contributed by atoms with van der Waals surface area (Å²) in [5, 5.41) is 3.72. The van der Waals surface area contributed by atoms with E-state index in [0.29, 0.717) is 51.0 Å². The molecule has 6 aromatic rings. The highest BCUT2D eigenvalue weighted by Gasteiger charge is 2.33. The predicted octanol–water partition coefficient (Wildman–Crippen LogP) is 8.20. The first-order valence-corrected chi connectivity index (χ1v) is 17.6. The summed E-state index contributed by atoms with van der Waals surface area (Å²) in [5.74, 6) is -1.21. The van der Waals surface area contributed by atoms with Crippen molar-refractivity contribution in [3.05, 3.63) is 102 Å². The number of ether oxygens (including phenoxy) is 3. The van der Waals surface area contributed by atoms with E-state index in [2.05, 4.69) is 19.7 Å². The summed E-state index contributed by atoms with van der Waals surface area (Å²) in [6.45, 7) is 5.74. The van der Waals surface area contributed by atoms with E-state index >= 15 is 8.78 Å². The molecule has 0 unspecified atom stereocenters. The number of fused-ring (bicyclic) bond motifs is 1. The van der Waals surface area contributed by atoms with Crippen LogP contribution in [-0.4, -0.2) is 46.9 Å². The average molecular weight is 741 g/mol. The molecule has 6 rings (SSSR count). The number of sulfonamides is 1. The number of hydrogen-bond acceptors (Lipinski definition) is 10. The number of rotatable bonds is 11. The topological polar surface area (TPSA) is 120 Å². The Bertz CT molecular complexity index is 2300. The van der Waals surface area contributed by atoms with Crippen molar-refractivity contribution in [2.45, 2.75) is 37.8 Å². The van der Waals surface area contributed by atoms with Crippen molar-refractivity contribution in [2.75, 3.05) is 23.8 Å². The molecule has 0 fully saturated rings. The van der Waals surface area contributed by atoms with Gasteiger partial charge in [-0.25, -0.2) is 31.5 Å². The molecule has 1 N–H and O–H groups in total. The molecule has 0 aliphatic carbocycles. The lowest BCUT2D eigenvalue weighted by atomic mass is 10.1. The van der Waals surface area contributed by atoms with E-state index in [4.69, 9.17) is 25.8 Å². The number of benzene rings is 3. The van der Waals surface area contributed by atoms with Crippen LogP contribution in [-0.2, 0) is 16.6 Å². The van der Waals surface area contributed by atoms with Crippen LogP contribution in [0.15, 0.2) is 84.3 Å². The number of hydrogen-bond donors (Lipinski definition) is 1. The van der Waals surface area contributed by atoms with Crippen molar-refractivity contribution in [2.24, 2.45) is 0 Å². The lowest BCUT2D eigenvalue weighted by Gasteiger charge is -2.23. The fraction of sp³-hybridized carbons (Fsp3) is 0.206. The highest BCUT2D eigenvalue weighted by Crippen LogP contribution is 2.39. The number of pyridine rings is 1. The van der Waals surface area contributed by atoms with Gasteiger partial charge in [0.1, 0.15) is 45.8 Å². The SMILES string of the molecule is COc1ccc(CN(c2ncns2)S(=O)(=O)c2cc(F)c(Oc3ccc(Cl)cc3-c3ccc4ncc(NC(C)(C)C)n4c3)cc2F)c(OC)c1. The monoisotopic (exact) mass is 740 g/mol. The van der Waals surface area contributed by atoms with Gasteiger partial charge in [0.2, 0.25) is 5.13 Å². The van der Waals surface area contributed by atoms with Crippen LogP contribution in [0.5, 0.6) is 23.0 Å². The predicted molar refractivity (Wildman–Crippen MR) is 188 cm³/mol. The van der Waals surface area contributed by atoms with E-state index in [1.54, 1.807) is 48.7 Å². The molecule has 16 heteroatoms. The molecule has 3 aromatic heterocycles. The molecule has 260 valence electrons. The van der Waals surface area contributed by atoms with Gasteiger partial charge < -0.3 is 19.5 Å². The molecule has 3 heterocycles. The fourth-order valence-corrected chi connectivity index (χ4v) is 7.49. The fourth-order valence-electron chi connectivity index (χ4n) is 5.13. The molecule has 0 bridgehead atoms.